The van der Waals surface area contributed by atoms with Crippen LogP contribution in [0.4, 0.5) is 5.69 Å². The molecule has 3 heterocycles. The van der Waals surface area contributed by atoms with Crippen molar-refractivity contribution in [1.82, 2.24) is 0 Å². The van der Waals surface area contributed by atoms with Gasteiger partial charge >= 0.3 is 0 Å². The molecule has 0 saturated heterocycles. The van der Waals surface area contributed by atoms with Gasteiger partial charge in [0.15, 0.2) is 35.7 Å². The fourth-order valence-corrected chi connectivity index (χ4v) is 4.75. The van der Waals surface area contributed by atoms with E-state index in [0.717, 1.165) is 63.5 Å². The first kappa shape index (κ1) is 21.2. The molecule has 0 atom stereocenters. The number of nitrogen functional groups attached to an aromatic ring is 1. The van der Waals surface area contributed by atoms with E-state index in [4.69, 9.17) is 24.7 Å². The summed E-state index contributed by atoms with van der Waals surface area (Å²) in [6.45, 7) is 1.14. The van der Waals surface area contributed by atoms with Gasteiger partial charge < -0.3 is 37.1 Å². The number of ether oxygens (including phenoxy) is 4. The maximum Gasteiger partial charge on any atom is 0.231 e. The molecule has 3 aromatic carbocycles. The highest BCUT2D eigenvalue weighted by Gasteiger charge is 2.29. The van der Waals surface area contributed by atoms with E-state index in [2.05, 4.69) is 29.0 Å². The van der Waals surface area contributed by atoms with E-state index in [1.54, 1.807) is 14.2 Å². The summed E-state index contributed by atoms with van der Waals surface area (Å²) in [7, 11) is 3.35. The van der Waals surface area contributed by atoms with Gasteiger partial charge in [-0.15, -0.1) is 0 Å². The van der Waals surface area contributed by atoms with Crippen molar-refractivity contribution in [3.63, 3.8) is 0 Å². The molecule has 7 heteroatoms. The largest absolute Gasteiger partial charge is 1.00 e. The number of methoxy groups -OCH3 is 2. The smallest absolute Gasteiger partial charge is 0.231 e. The Morgan fingerprint density at radius 1 is 0.879 bits per heavy atom. The SMILES string of the molecule is COc1cc(-c2ccc(N)cc2)c2cc3[n+](cc2c1OC)CCc1cc2c(cc1-3)OCO2.[Cl-]. The summed E-state index contributed by atoms with van der Waals surface area (Å²) in [4.78, 5) is 0. The second-order valence-electron chi connectivity index (χ2n) is 8.07. The third-order valence-electron chi connectivity index (χ3n) is 6.34. The summed E-state index contributed by atoms with van der Waals surface area (Å²) in [6.07, 6.45) is 3.09. The number of nitrogens with zero attached hydrogens (tertiary/aromatic N) is 1. The molecule has 0 unspecified atom stereocenters. The minimum Gasteiger partial charge on any atom is -1.00 e. The van der Waals surface area contributed by atoms with E-state index in [-0.39, 0.29) is 19.2 Å². The van der Waals surface area contributed by atoms with Crippen molar-refractivity contribution in [2.45, 2.75) is 13.0 Å². The third kappa shape index (κ3) is 3.29. The molecule has 0 amide bonds. The Hall–Kier alpha value is -3.64. The van der Waals surface area contributed by atoms with Crippen LogP contribution < -0.4 is 41.7 Å². The number of aryl methyl sites for hydroxylation is 2. The Kier molecular flexibility index (Phi) is 5.17. The van der Waals surface area contributed by atoms with Crippen LogP contribution in [-0.4, -0.2) is 21.0 Å². The van der Waals surface area contributed by atoms with Crippen LogP contribution in [0.3, 0.4) is 0 Å². The van der Waals surface area contributed by atoms with Crippen LogP contribution in [0.1, 0.15) is 5.56 Å². The van der Waals surface area contributed by atoms with Crippen molar-refractivity contribution >= 4 is 16.5 Å². The van der Waals surface area contributed by atoms with Crippen molar-refractivity contribution in [3.05, 3.63) is 60.3 Å². The lowest BCUT2D eigenvalue weighted by molar-refractivity contribution is -0.686. The standard InChI is InChI=1S/C26H23N2O4.ClH/c1-29-25-11-18(15-3-5-17(27)6-4-15)20-10-22-19-12-24-23(31-14-32-24)9-16(19)7-8-28(22)13-21(20)26(25)30-2;/h3-6,9-13H,7-8,14,27H2,1-2H3;1H/q+1;/p-1. The van der Waals surface area contributed by atoms with Crippen molar-refractivity contribution in [2.24, 2.45) is 0 Å². The summed E-state index contributed by atoms with van der Waals surface area (Å²) in [5, 5.41) is 2.09. The molecule has 6 nitrogen and oxygen atoms in total. The molecule has 0 bridgehead atoms. The highest BCUT2D eigenvalue weighted by atomic mass is 35.5. The zero-order valence-electron chi connectivity index (χ0n) is 18.4. The molecule has 6 rings (SSSR count). The van der Waals surface area contributed by atoms with Crippen LogP contribution in [0.25, 0.3) is 33.2 Å². The number of hydrogen-bond donors (Lipinski definition) is 1. The van der Waals surface area contributed by atoms with Gasteiger partial charge in [0, 0.05) is 23.6 Å². The number of benzene rings is 3. The first-order valence-corrected chi connectivity index (χ1v) is 10.6. The van der Waals surface area contributed by atoms with E-state index in [0.29, 0.717) is 5.75 Å². The molecule has 0 aliphatic carbocycles. The summed E-state index contributed by atoms with van der Waals surface area (Å²) >= 11 is 0. The maximum atomic E-state index is 5.94. The van der Waals surface area contributed by atoms with Crippen LogP contribution in [-0.2, 0) is 13.0 Å². The molecule has 0 fully saturated rings. The number of rotatable bonds is 3. The lowest BCUT2D eigenvalue weighted by Gasteiger charge is -2.19. The minimum absolute atomic E-state index is 0. The molecule has 168 valence electrons. The van der Waals surface area contributed by atoms with E-state index in [9.17, 15) is 0 Å². The normalized spacial score (nSPS) is 13.2. The van der Waals surface area contributed by atoms with Crippen molar-refractivity contribution < 1.29 is 35.9 Å². The summed E-state index contributed by atoms with van der Waals surface area (Å²) < 4.78 is 25.0. The number of halogens is 1. The van der Waals surface area contributed by atoms with Gasteiger partial charge in [-0.05, 0) is 47.0 Å². The van der Waals surface area contributed by atoms with E-state index in [1.807, 2.05) is 30.3 Å². The Labute approximate surface area is 197 Å². The molecular weight excluding hydrogens is 440 g/mol. The van der Waals surface area contributed by atoms with E-state index >= 15 is 0 Å². The van der Waals surface area contributed by atoms with Crippen molar-refractivity contribution in [1.29, 1.82) is 0 Å². The molecule has 0 saturated carbocycles. The molecule has 2 N–H and O–H groups in total. The highest BCUT2D eigenvalue weighted by Crippen LogP contribution is 2.44. The topological polar surface area (TPSA) is 66.8 Å². The number of hydrogen-bond acceptors (Lipinski definition) is 5. The quantitative estimate of drug-likeness (QED) is 0.368. The molecule has 2 aliphatic heterocycles. The highest BCUT2D eigenvalue weighted by molar-refractivity contribution is 6.02. The Balaban J connectivity index is 0.00000228. The number of anilines is 1. The second-order valence-corrected chi connectivity index (χ2v) is 8.07. The molecule has 0 spiro atoms. The van der Waals surface area contributed by atoms with Gasteiger partial charge in [-0.25, -0.2) is 0 Å². The zero-order valence-corrected chi connectivity index (χ0v) is 19.1. The van der Waals surface area contributed by atoms with Crippen LogP contribution in [0, 0.1) is 0 Å². The molecule has 2 aliphatic rings. The summed E-state index contributed by atoms with van der Waals surface area (Å²) in [5.41, 5.74) is 12.4. The number of aromatic nitrogens is 1. The molecular formula is C26H23ClN2O4. The summed E-state index contributed by atoms with van der Waals surface area (Å²) in [5.74, 6) is 3.05. The molecule has 0 radical (unpaired) electrons. The van der Waals surface area contributed by atoms with Gasteiger partial charge in [-0.1, -0.05) is 12.1 Å². The fourth-order valence-electron chi connectivity index (χ4n) is 4.75. The predicted octanol–water partition coefficient (Wildman–Crippen LogP) is 1.35. The zero-order chi connectivity index (χ0) is 21.8. The molecule has 4 aromatic rings. The number of fused-ring (bicyclic) bond motifs is 5. The predicted molar refractivity (Wildman–Crippen MR) is 122 cm³/mol. The summed E-state index contributed by atoms with van der Waals surface area (Å²) in [6, 6.07) is 16.4. The van der Waals surface area contributed by atoms with E-state index < -0.39 is 0 Å². The average molecular weight is 463 g/mol. The lowest BCUT2D eigenvalue weighted by Crippen LogP contribution is -3.00. The van der Waals surface area contributed by atoms with Gasteiger partial charge in [0.1, 0.15) is 0 Å². The van der Waals surface area contributed by atoms with Gasteiger partial charge in [0.25, 0.3) is 0 Å². The van der Waals surface area contributed by atoms with Crippen molar-refractivity contribution in [3.8, 4) is 45.4 Å². The average Bonchev–Trinajstić information content (AvgIpc) is 3.28. The van der Waals surface area contributed by atoms with Gasteiger partial charge in [0.05, 0.1) is 25.2 Å². The third-order valence-corrected chi connectivity index (χ3v) is 6.34. The molecule has 1 aromatic heterocycles. The lowest BCUT2D eigenvalue weighted by atomic mass is 9.92. The number of nitrogens with two attached hydrogens (primary N) is 1. The minimum atomic E-state index is 0. The number of pyridine rings is 1. The van der Waals surface area contributed by atoms with Gasteiger partial charge in [0.2, 0.25) is 12.5 Å². The second kappa shape index (κ2) is 8.05. The monoisotopic (exact) mass is 462 g/mol. The first-order valence-electron chi connectivity index (χ1n) is 10.6. The van der Waals surface area contributed by atoms with E-state index in [1.165, 1.54) is 11.1 Å². The van der Waals surface area contributed by atoms with Crippen LogP contribution in [0.2, 0.25) is 0 Å². The van der Waals surface area contributed by atoms with Gasteiger partial charge in [-0.3, -0.25) is 0 Å². The Morgan fingerprint density at radius 3 is 2.36 bits per heavy atom. The maximum absolute atomic E-state index is 5.94. The fraction of sp³-hybridized carbons (Fsp3) is 0.192. The van der Waals surface area contributed by atoms with Crippen LogP contribution in [0.15, 0.2) is 54.7 Å². The van der Waals surface area contributed by atoms with Crippen molar-refractivity contribution in [2.75, 3.05) is 26.7 Å². The Morgan fingerprint density at radius 2 is 1.64 bits per heavy atom. The molecule has 33 heavy (non-hydrogen) atoms. The van der Waals surface area contributed by atoms with Crippen LogP contribution >= 0.6 is 0 Å². The van der Waals surface area contributed by atoms with Gasteiger partial charge in [-0.2, -0.15) is 4.57 Å². The van der Waals surface area contributed by atoms with Crippen LogP contribution in [0.5, 0.6) is 23.0 Å². The first-order chi connectivity index (χ1) is 15.7. The Bertz CT molecular complexity index is 1390.